The van der Waals surface area contributed by atoms with Crippen LogP contribution in [0.1, 0.15) is 53.5 Å². The van der Waals surface area contributed by atoms with E-state index in [-0.39, 0.29) is 5.91 Å². The Morgan fingerprint density at radius 1 is 1.19 bits per heavy atom. The van der Waals surface area contributed by atoms with Gasteiger partial charge in [-0.25, -0.2) is 4.68 Å². The number of likely N-dealkylation sites (tertiary alicyclic amines) is 1. The van der Waals surface area contributed by atoms with Gasteiger partial charge in [0.05, 0.1) is 5.69 Å². The Kier molecular flexibility index (Phi) is 5.30. The first-order valence-corrected chi connectivity index (χ1v) is 10.3. The van der Waals surface area contributed by atoms with Crippen LogP contribution < -0.4 is 5.32 Å². The van der Waals surface area contributed by atoms with E-state index in [1.54, 1.807) is 0 Å². The van der Waals surface area contributed by atoms with E-state index in [0.717, 1.165) is 63.8 Å². The first-order chi connectivity index (χ1) is 13.2. The van der Waals surface area contributed by atoms with Crippen molar-refractivity contribution in [3.05, 3.63) is 46.8 Å². The number of nitrogens with one attached hydrogen (secondary N) is 1. The number of piperidine rings is 1. The first kappa shape index (κ1) is 18.2. The number of carbonyl (C=O) groups is 1. The Morgan fingerprint density at radius 3 is 2.59 bits per heavy atom. The van der Waals surface area contributed by atoms with Crippen molar-refractivity contribution in [2.75, 3.05) is 26.7 Å². The SMILES string of the molecule is CCc1ccc(-n2nc(C(=O)N3CCC(CNC)CC3)c3c2CCC3)cc1. The van der Waals surface area contributed by atoms with Crippen molar-refractivity contribution in [3.63, 3.8) is 0 Å². The molecule has 5 nitrogen and oxygen atoms in total. The molecule has 27 heavy (non-hydrogen) atoms. The molecule has 0 spiro atoms. The van der Waals surface area contributed by atoms with E-state index in [2.05, 4.69) is 36.5 Å². The highest BCUT2D eigenvalue weighted by Crippen LogP contribution is 2.29. The Hall–Kier alpha value is -2.14. The number of fused-ring (bicyclic) bond motifs is 1. The van der Waals surface area contributed by atoms with Crippen LogP contribution in [-0.2, 0) is 19.3 Å². The van der Waals surface area contributed by atoms with Crippen molar-refractivity contribution in [2.45, 2.75) is 45.4 Å². The number of rotatable bonds is 5. The molecule has 2 heterocycles. The van der Waals surface area contributed by atoms with Crippen molar-refractivity contribution in [2.24, 2.45) is 5.92 Å². The molecule has 1 N–H and O–H groups in total. The average Bonchev–Trinajstić information content (AvgIpc) is 3.31. The largest absolute Gasteiger partial charge is 0.337 e. The normalized spacial score (nSPS) is 17.3. The predicted octanol–water partition coefficient (Wildman–Crippen LogP) is 3.00. The van der Waals surface area contributed by atoms with Gasteiger partial charge >= 0.3 is 0 Å². The van der Waals surface area contributed by atoms with Crippen molar-refractivity contribution in [3.8, 4) is 5.69 Å². The van der Waals surface area contributed by atoms with Gasteiger partial charge in [0, 0.05) is 24.3 Å². The molecule has 1 aromatic carbocycles. The van der Waals surface area contributed by atoms with Gasteiger partial charge < -0.3 is 10.2 Å². The maximum atomic E-state index is 13.2. The van der Waals surface area contributed by atoms with E-state index in [1.165, 1.54) is 16.8 Å². The summed E-state index contributed by atoms with van der Waals surface area (Å²) in [5.74, 6) is 0.805. The standard InChI is InChI=1S/C22H30N4O/c1-3-16-7-9-18(10-8-16)26-20-6-4-5-19(20)21(24-26)22(27)25-13-11-17(12-14-25)15-23-2/h7-10,17,23H,3-6,11-15H2,1-2H3. The number of hydrogen-bond acceptors (Lipinski definition) is 3. The summed E-state index contributed by atoms with van der Waals surface area (Å²) in [5.41, 5.74) is 5.49. The van der Waals surface area contributed by atoms with Gasteiger partial charge in [0.25, 0.3) is 5.91 Å². The molecule has 1 aliphatic heterocycles. The summed E-state index contributed by atoms with van der Waals surface area (Å²) >= 11 is 0. The molecule has 4 rings (SSSR count). The second-order valence-corrected chi connectivity index (χ2v) is 7.85. The van der Waals surface area contributed by atoms with Gasteiger partial charge in [-0.3, -0.25) is 4.79 Å². The van der Waals surface area contributed by atoms with Crippen molar-refractivity contribution >= 4 is 5.91 Å². The molecule has 144 valence electrons. The lowest BCUT2D eigenvalue weighted by atomic mass is 9.96. The summed E-state index contributed by atoms with van der Waals surface area (Å²) < 4.78 is 2.02. The third kappa shape index (κ3) is 3.53. The Balaban J connectivity index is 1.58. The minimum absolute atomic E-state index is 0.125. The second kappa shape index (κ2) is 7.85. The number of amides is 1. The number of aromatic nitrogens is 2. The Labute approximate surface area is 161 Å². The summed E-state index contributed by atoms with van der Waals surface area (Å²) in [6, 6.07) is 8.57. The molecule has 1 aromatic heterocycles. The summed E-state index contributed by atoms with van der Waals surface area (Å²) in [6.07, 6.45) is 6.28. The van der Waals surface area contributed by atoms with Crippen molar-refractivity contribution < 1.29 is 4.79 Å². The zero-order valence-corrected chi connectivity index (χ0v) is 16.5. The van der Waals surface area contributed by atoms with Crippen LogP contribution in [0.25, 0.3) is 5.69 Å². The maximum absolute atomic E-state index is 13.2. The average molecular weight is 367 g/mol. The van der Waals surface area contributed by atoms with Crippen molar-refractivity contribution in [1.29, 1.82) is 0 Å². The second-order valence-electron chi connectivity index (χ2n) is 7.85. The topological polar surface area (TPSA) is 50.2 Å². The van der Waals surface area contributed by atoms with Gasteiger partial charge in [-0.1, -0.05) is 19.1 Å². The fraction of sp³-hybridized carbons (Fsp3) is 0.545. The van der Waals surface area contributed by atoms with Crippen LogP contribution in [0.5, 0.6) is 0 Å². The number of hydrogen-bond donors (Lipinski definition) is 1. The molecular formula is C22H30N4O. The fourth-order valence-corrected chi connectivity index (χ4v) is 4.47. The van der Waals surface area contributed by atoms with E-state index < -0.39 is 0 Å². The van der Waals surface area contributed by atoms with Crippen LogP contribution in [0.3, 0.4) is 0 Å². The third-order valence-corrected chi connectivity index (χ3v) is 6.12. The first-order valence-electron chi connectivity index (χ1n) is 10.3. The van der Waals surface area contributed by atoms with Gasteiger partial charge in [-0.2, -0.15) is 5.10 Å². The molecule has 0 saturated carbocycles. The lowest BCUT2D eigenvalue weighted by molar-refractivity contribution is 0.0683. The molecule has 0 unspecified atom stereocenters. The molecule has 2 aromatic rings. The summed E-state index contributed by atoms with van der Waals surface area (Å²) in [5, 5.41) is 8.06. The number of nitrogens with zero attached hydrogens (tertiary/aromatic N) is 3. The zero-order chi connectivity index (χ0) is 18.8. The predicted molar refractivity (Wildman–Crippen MR) is 108 cm³/mol. The van der Waals surface area contributed by atoms with Crippen LogP contribution in [0.15, 0.2) is 24.3 Å². The molecule has 1 aliphatic carbocycles. The number of aryl methyl sites for hydroxylation is 1. The van der Waals surface area contributed by atoms with Crippen LogP contribution in [0.4, 0.5) is 0 Å². The molecule has 1 saturated heterocycles. The lowest BCUT2D eigenvalue weighted by Gasteiger charge is -2.31. The fourth-order valence-electron chi connectivity index (χ4n) is 4.47. The van der Waals surface area contributed by atoms with E-state index in [1.807, 2.05) is 16.6 Å². The van der Waals surface area contributed by atoms with Crippen LogP contribution in [0, 0.1) is 5.92 Å². The highest BCUT2D eigenvalue weighted by atomic mass is 16.2. The van der Waals surface area contributed by atoms with E-state index in [9.17, 15) is 4.79 Å². The number of benzene rings is 1. The quantitative estimate of drug-likeness (QED) is 0.885. The minimum Gasteiger partial charge on any atom is -0.337 e. The van der Waals surface area contributed by atoms with Crippen molar-refractivity contribution in [1.82, 2.24) is 20.0 Å². The van der Waals surface area contributed by atoms with Crippen LogP contribution >= 0.6 is 0 Å². The number of carbonyl (C=O) groups excluding carboxylic acids is 1. The Morgan fingerprint density at radius 2 is 1.93 bits per heavy atom. The molecule has 2 aliphatic rings. The lowest BCUT2D eigenvalue weighted by Crippen LogP contribution is -2.40. The molecule has 1 fully saturated rings. The zero-order valence-electron chi connectivity index (χ0n) is 16.5. The molecule has 0 radical (unpaired) electrons. The summed E-state index contributed by atoms with van der Waals surface area (Å²) in [6.45, 7) is 4.90. The molecular weight excluding hydrogens is 336 g/mol. The highest BCUT2D eigenvalue weighted by Gasteiger charge is 2.31. The Bertz CT molecular complexity index is 800. The van der Waals surface area contributed by atoms with Gasteiger partial charge in [0.2, 0.25) is 0 Å². The van der Waals surface area contributed by atoms with E-state index in [0.29, 0.717) is 11.6 Å². The maximum Gasteiger partial charge on any atom is 0.274 e. The monoisotopic (exact) mass is 366 g/mol. The van der Waals surface area contributed by atoms with E-state index in [4.69, 9.17) is 5.10 Å². The third-order valence-electron chi connectivity index (χ3n) is 6.12. The summed E-state index contributed by atoms with van der Waals surface area (Å²) in [4.78, 5) is 15.2. The van der Waals surface area contributed by atoms with Gasteiger partial charge in [-0.15, -0.1) is 0 Å². The molecule has 1 amide bonds. The van der Waals surface area contributed by atoms with Gasteiger partial charge in [-0.05, 0) is 75.7 Å². The summed E-state index contributed by atoms with van der Waals surface area (Å²) in [7, 11) is 2.00. The molecule has 0 atom stereocenters. The molecule has 5 heteroatoms. The minimum atomic E-state index is 0.125. The van der Waals surface area contributed by atoms with Gasteiger partial charge in [0.1, 0.15) is 0 Å². The smallest absolute Gasteiger partial charge is 0.274 e. The highest BCUT2D eigenvalue weighted by molar-refractivity contribution is 5.94. The van der Waals surface area contributed by atoms with E-state index >= 15 is 0 Å². The van der Waals surface area contributed by atoms with Gasteiger partial charge in [0.15, 0.2) is 5.69 Å². The van der Waals surface area contributed by atoms with Crippen LogP contribution in [-0.4, -0.2) is 47.3 Å². The molecule has 0 bridgehead atoms. The van der Waals surface area contributed by atoms with Crippen LogP contribution in [0.2, 0.25) is 0 Å².